The van der Waals surface area contributed by atoms with Crippen LogP contribution in [0.2, 0.25) is 0 Å². The summed E-state index contributed by atoms with van der Waals surface area (Å²) in [7, 11) is 0. The number of unbranched alkanes of at least 4 members (excludes halogenated alkanes) is 9. The van der Waals surface area contributed by atoms with Crippen molar-refractivity contribution in [1.29, 1.82) is 0 Å². The quantitative estimate of drug-likeness (QED) is 0.563. The van der Waals surface area contributed by atoms with E-state index < -0.39 is 0 Å². The van der Waals surface area contributed by atoms with Crippen molar-refractivity contribution in [3.63, 3.8) is 0 Å². The lowest BCUT2D eigenvalue weighted by molar-refractivity contribution is 0.0698. The van der Waals surface area contributed by atoms with E-state index in [0.717, 1.165) is 13.0 Å². The van der Waals surface area contributed by atoms with E-state index in [2.05, 4.69) is 11.8 Å². The summed E-state index contributed by atoms with van der Waals surface area (Å²) in [4.78, 5) is 2.44. The standard InChI is InChI=1S/C17H35NO/c1-2-3-4-5-6-7-8-9-10-11-14-18-15-12-13-17(19)16-18/h17,19H,2-16H2,1H3/t17-/m1/s1. The summed E-state index contributed by atoms with van der Waals surface area (Å²) in [5.74, 6) is 0. The van der Waals surface area contributed by atoms with Gasteiger partial charge >= 0.3 is 0 Å². The summed E-state index contributed by atoms with van der Waals surface area (Å²) in [6.45, 7) is 5.60. The Morgan fingerprint density at radius 3 is 2.05 bits per heavy atom. The molecule has 0 aromatic rings. The van der Waals surface area contributed by atoms with Crippen LogP contribution in [-0.2, 0) is 0 Å². The van der Waals surface area contributed by atoms with Gasteiger partial charge in [-0.25, -0.2) is 0 Å². The average molecular weight is 269 g/mol. The molecule has 1 fully saturated rings. The number of nitrogens with zero attached hydrogens (tertiary/aromatic N) is 1. The van der Waals surface area contributed by atoms with Crippen LogP contribution in [0.25, 0.3) is 0 Å². The van der Waals surface area contributed by atoms with Gasteiger partial charge in [0.05, 0.1) is 6.10 Å². The molecule has 0 unspecified atom stereocenters. The van der Waals surface area contributed by atoms with E-state index in [4.69, 9.17) is 0 Å². The number of rotatable bonds is 11. The molecule has 0 aromatic heterocycles. The first-order chi connectivity index (χ1) is 9.33. The fourth-order valence-electron chi connectivity index (χ4n) is 3.06. The predicted molar refractivity (Wildman–Crippen MR) is 83.5 cm³/mol. The van der Waals surface area contributed by atoms with Crippen molar-refractivity contribution < 1.29 is 5.11 Å². The first-order valence-corrected chi connectivity index (χ1v) is 8.73. The molecular formula is C17H35NO. The zero-order valence-corrected chi connectivity index (χ0v) is 13.1. The topological polar surface area (TPSA) is 23.5 Å². The number of hydrogen-bond donors (Lipinski definition) is 1. The number of β-amino-alcohol motifs (C(OH)–C–C–N with tert-alkyl or cyclic N) is 1. The maximum atomic E-state index is 9.60. The lowest BCUT2D eigenvalue weighted by atomic mass is 10.1. The highest BCUT2D eigenvalue weighted by molar-refractivity contribution is 4.71. The Labute approximate surface area is 120 Å². The molecule has 0 amide bonds. The SMILES string of the molecule is CCCCCCCCCCCCN1CCC[C@@H](O)C1. The lowest BCUT2D eigenvalue weighted by Crippen LogP contribution is -2.38. The van der Waals surface area contributed by atoms with Crippen molar-refractivity contribution in [3.8, 4) is 0 Å². The Morgan fingerprint density at radius 2 is 1.47 bits per heavy atom. The molecule has 0 spiro atoms. The molecule has 1 atom stereocenters. The summed E-state index contributed by atoms with van der Waals surface area (Å²) >= 11 is 0. The third kappa shape index (κ3) is 9.45. The van der Waals surface area contributed by atoms with Crippen LogP contribution in [-0.4, -0.2) is 35.7 Å². The van der Waals surface area contributed by atoms with E-state index in [9.17, 15) is 5.11 Å². The van der Waals surface area contributed by atoms with Gasteiger partial charge in [0.1, 0.15) is 0 Å². The molecule has 0 saturated carbocycles. The number of aliphatic hydroxyl groups is 1. The van der Waals surface area contributed by atoms with Gasteiger partial charge in [-0.1, -0.05) is 64.7 Å². The molecule has 1 aliphatic heterocycles. The van der Waals surface area contributed by atoms with Gasteiger partial charge in [-0.15, -0.1) is 0 Å². The molecule has 1 rings (SSSR count). The number of likely N-dealkylation sites (tertiary alicyclic amines) is 1. The fraction of sp³-hybridized carbons (Fsp3) is 1.00. The van der Waals surface area contributed by atoms with Crippen LogP contribution in [0.15, 0.2) is 0 Å². The average Bonchev–Trinajstić information content (AvgIpc) is 2.41. The van der Waals surface area contributed by atoms with Gasteiger partial charge in [-0.05, 0) is 32.4 Å². The third-order valence-electron chi connectivity index (χ3n) is 4.31. The first kappa shape index (κ1) is 17.0. The lowest BCUT2D eigenvalue weighted by Gasteiger charge is -2.29. The van der Waals surface area contributed by atoms with Crippen LogP contribution in [0.5, 0.6) is 0 Å². The van der Waals surface area contributed by atoms with E-state index in [-0.39, 0.29) is 6.10 Å². The zero-order valence-electron chi connectivity index (χ0n) is 13.1. The monoisotopic (exact) mass is 269 g/mol. The van der Waals surface area contributed by atoms with Gasteiger partial charge in [-0.3, -0.25) is 0 Å². The number of aliphatic hydroxyl groups excluding tert-OH is 1. The minimum absolute atomic E-state index is 0.0585. The summed E-state index contributed by atoms with van der Waals surface area (Å²) in [6, 6.07) is 0. The first-order valence-electron chi connectivity index (χ1n) is 8.73. The third-order valence-corrected chi connectivity index (χ3v) is 4.31. The smallest absolute Gasteiger partial charge is 0.0667 e. The predicted octanol–water partition coefficient (Wildman–Crippen LogP) is 4.36. The second kappa shape index (κ2) is 11.7. The van der Waals surface area contributed by atoms with Crippen molar-refractivity contribution in [2.24, 2.45) is 0 Å². The Hall–Kier alpha value is -0.0800. The Morgan fingerprint density at radius 1 is 0.895 bits per heavy atom. The highest BCUT2D eigenvalue weighted by Crippen LogP contribution is 2.13. The summed E-state index contributed by atoms with van der Waals surface area (Å²) in [5, 5.41) is 9.60. The molecule has 1 saturated heterocycles. The van der Waals surface area contributed by atoms with Crippen molar-refractivity contribution in [1.82, 2.24) is 4.90 Å². The summed E-state index contributed by atoms with van der Waals surface area (Å²) < 4.78 is 0. The number of piperidine rings is 1. The van der Waals surface area contributed by atoms with E-state index in [1.807, 2.05) is 0 Å². The van der Waals surface area contributed by atoms with Crippen LogP contribution in [0.1, 0.15) is 84.0 Å². The molecule has 2 heteroatoms. The van der Waals surface area contributed by atoms with Gasteiger partial charge in [-0.2, -0.15) is 0 Å². The Bertz CT molecular complexity index is 196. The van der Waals surface area contributed by atoms with Gasteiger partial charge in [0.2, 0.25) is 0 Å². The molecule has 0 aromatic carbocycles. The maximum Gasteiger partial charge on any atom is 0.0667 e. The Kier molecular flexibility index (Phi) is 10.5. The minimum atomic E-state index is -0.0585. The van der Waals surface area contributed by atoms with Crippen molar-refractivity contribution in [3.05, 3.63) is 0 Å². The van der Waals surface area contributed by atoms with E-state index >= 15 is 0 Å². The highest BCUT2D eigenvalue weighted by Gasteiger charge is 2.16. The fourth-order valence-corrected chi connectivity index (χ4v) is 3.06. The maximum absolute atomic E-state index is 9.60. The van der Waals surface area contributed by atoms with Crippen LogP contribution < -0.4 is 0 Å². The zero-order chi connectivity index (χ0) is 13.8. The van der Waals surface area contributed by atoms with E-state index in [0.29, 0.717) is 0 Å². The van der Waals surface area contributed by atoms with Crippen LogP contribution in [0, 0.1) is 0 Å². The largest absolute Gasteiger partial charge is 0.392 e. The van der Waals surface area contributed by atoms with E-state index in [1.165, 1.54) is 83.7 Å². The molecule has 0 bridgehead atoms. The van der Waals surface area contributed by atoms with Crippen molar-refractivity contribution >= 4 is 0 Å². The minimum Gasteiger partial charge on any atom is -0.392 e. The second-order valence-electron chi connectivity index (χ2n) is 6.28. The van der Waals surface area contributed by atoms with Gasteiger partial charge in [0.15, 0.2) is 0 Å². The summed E-state index contributed by atoms with van der Waals surface area (Å²) in [5.41, 5.74) is 0. The molecule has 1 N–H and O–H groups in total. The summed E-state index contributed by atoms with van der Waals surface area (Å²) in [6.07, 6.45) is 16.2. The molecule has 0 radical (unpaired) electrons. The number of hydrogen-bond acceptors (Lipinski definition) is 2. The molecule has 2 nitrogen and oxygen atoms in total. The van der Waals surface area contributed by atoms with Crippen LogP contribution in [0.3, 0.4) is 0 Å². The Balaban J connectivity index is 1.78. The van der Waals surface area contributed by atoms with Gasteiger partial charge in [0.25, 0.3) is 0 Å². The molecule has 1 aliphatic rings. The van der Waals surface area contributed by atoms with E-state index in [1.54, 1.807) is 0 Å². The molecule has 1 heterocycles. The molecule has 19 heavy (non-hydrogen) atoms. The van der Waals surface area contributed by atoms with Crippen molar-refractivity contribution in [2.75, 3.05) is 19.6 Å². The normalized spacial score (nSPS) is 20.8. The van der Waals surface area contributed by atoms with Gasteiger partial charge in [0, 0.05) is 6.54 Å². The van der Waals surface area contributed by atoms with Crippen LogP contribution >= 0.6 is 0 Å². The molecule has 0 aliphatic carbocycles. The second-order valence-corrected chi connectivity index (χ2v) is 6.28. The highest BCUT2D eigenvalue weighted by atomic mass is 16.3. The molecular weight excluding hydrogens is 234 g/mol. The van der Waals surface area contributed by atoms with Crippen molar-refractivity contribution in [2.45, 2.75) is 90.1 Å². The van der Waals surface area contributed by atoms with Gasteiger partial charge < -0.3 is 10.0 Å². The molecule has 114 valence electrons. The van der Waals surface area contributed by atoms with Crippen LogP contribution in [0.4, 0.5) is 0 Å².